The van der Waals surface area contributed by atoms with Crippen molar-refractivity contribution in [1.29, 1.82) is 0 Å². The Bertz CT molecular complexity index is 585. The van der Waals surface area contributed by atoms with Crippen LogP contribution in [0.3, 0.4) is 0 Å². The van der Waals surface area contributed by atoms with E-state index in [1.54, 1.807) is 12.3 Å². The van der Waals surface area contributed by atoms with Crippen molar-refractivity contribution in [2.45, 2.75) is 38.0 Å². The molecule has 20 heavy (non-hydrogen) atoms. The minimum absolute atomic E-state index is 0.128. The van der Waals surface area contributed by atoms with E-state index >= 15 is 0 Å². The highest BCUT2D eigenvalue weighted by atomic mass is 79.9. The van der Waals surface area contributed by atoms with Gasteiger partial charge in [0.2, 0.25) is 10.0 Å². The lowest BCUT2D eigenvalue weighted by Gasteiger charge is -2.14. The van der Waals surface area contributed by atoms with E-state index in [2.05, 4.69) is 37.9 Å². The molecular weight excluding hydrogens is 342 g/mol. The fourth-order valence-electron chi connectivity index (χ4n) is 1.74. The van der Waals surface area contributed by atoms with Crippen LogP contribution < -0.4 is 10.0 Å². The standard InChI is InChI=1S/C13H20BrN3O2S/c1-3-6-15-12-11(7-10(14)8-16-12)20(18,19)17-9-13(2)4-5-13/h7-8,17H,3-6,9H2,1-2H3,(H,15,16). The molecule has 1 aliphatic carbocycles. The Morgan fingerprint density at radius 3 is 2.75 bits per heavy atom. The molecule has 0 spiro atoms. The molecule has 1 fully saturated rings. The third-order valence-corrected chi connectivity index (χ3v) is 5.29. The van der Waals surface area contributed by atoms with E-state index in [1.165, 1.54) is 0 Å². The van der Waals surface area contributed by atoms with Gasteiger partial charge in [-0.05, 0) is 46.7 Å². The third-order valence-electron chi connectivity index (χ3n) is 3.44. The molecule has 0 amide bonds. The maximum atomic E-state index is 12.4. The Balaban J connectivity index is 2.21. The molecule has 1 saturated carbocycles. The van der Waals surface area contributed by atoms with Gasteiger partial charge in [-0.15, -0.1) is 0 Å². The number of hydrogen-bond acceptors (Lipinski definition) is 4. The number of rotatable bonds is 7. The van der Waals surface area contributed by atoms with Crippen molar-refractivity contribution in [1.82, 2.24) is 9.71 Å². The van der Waals surface area contributed by atoms with Crippen LogP contribution in [0.2, 0.25) is 0 Å². The van der Waals surface area contributed by atoms with E-state index in [0.29, 0.717) is 23.4 Å². The summed E-state index contributed by atoms with van der Waals surface area (Å²) >= 11 is 3.28. The fourth-order valence-corrected chi connectivity index (χ4v) is 3.58. The maximum Gasteiger partial charge on any atom is 0.244 e. The average molecular weight is 362 g/mol. The first-order valence-electron chi connectivity index (χ1n) is 6.75. The summed E-state index contributed by atoms with van der Waals surface area (Å²) in [5.41, 5.74) is 0.128. The van der Waals surface area contributed by atoms with Gasteiger partial charge < -0.3 is 5.32 Å². The van der Waals surface area contributed by atoms with Crippen molar-refractivity contribution < 1.29 is 8.42 Å². The maximum absolute atomic E-state index is 12.4. The molecule has 0 aliphatic heterocycles. The number of sulfonamides is 1. The molecule has 1 aromatic heterocycles. The van der Waals surface area contributed by atoms with Crippen molar-refractivity contribution in [3.8, 4) is 0 Å². The van der Waals surface area contributed by atoms with E-state index in [0.717, 1.165) is 19.3 Å². The lowest BCUT2D eigenvalue weighted by Crippen LogP contribution is -2.30. The molecule has 1 heterocycles. The molecule has 5 nitrogen and oxygen atoms in total. The smallest absolute Gasteiger partial charge is 0.244 e. The van der Waals surface area contributed by atoms with Crippen LogP contribution in [-0.2, 0) is 10.0 Å². The molecular formula is C13H20BrN3O2S. The minimum atomic E-state index is -3.54. The predicted octanol–water partition coefficient (Wildman–Crippen LogP) is 2.74. The van der Waals surface area contributed by atoms with Gasteiger partial charge >= 0.3 is 0 Å². The fraction of sp³-hybridized carbons (Fsp3) is 0.615. The summed E-state index contributed by atoms with van der Waals surface area (Å²) in [5, 5.41) is 3.06. The van der Waals surface area contributed by atoms with Crippen molar-refractivity contribution in [3.63, 3.8) is 0 Å². The van der Waals surface area contributed by atoms with Crippen molar-refractivity contribution >= 4 is 31.8 Å². The van der Waals surface area contributed by atoms with Crippen LogP contribution in [0.4, 0.5) is 5.82 Å². The summed E-state index contributed by atoms with van der Waals surface area (Å²) in [6, 6.07) is 1.59. The van der Waals surface area contributed by atoms with Crippen molar-refractivity contribution in [2.75, 3.05) is 18.4 Å². The monoisotopic (exact) mass is 361 g/mol. The summed E-state index contributed by atoms with van der Waals surface area (Å²) in [6.45, 7) is 5.28. The highest BCUT2D eigenvalue weighted by molar-refractivity contribution is 9.10. The summed E-state index contributed by atoms with van der Waals surface area (Å²) in [6.07, 6.45) is 4.66. The van der Waals surface area contributed by atoms with Gasteiger partial charge in [0, 0.05) is 23.8 Å². The van der Waals surface area contributed by atoms with Gasteiger partial charge in [-0.1, -0.05) is 13.8 Å². The Hall–Kier alpha value is -0.660. The molecule has 112 valence electrons. The van der Waals surface area contributed by atoms with Crippen LogP contribution in [0, 0.1) is 5.41 Å². The van der Waals surface area contributed by atoms with E-state index in [-0.39, 0.29) is 10.3 Å². The molecule has 0 bridgehead atoms. The summed E-state index contributed by atoms with van der Waals surface area (Å²) in [7, 11) is -3.54. The van der Waals surface area contributed by atoms with Gasteiger partial charge in [-0.2, -0.15) is 0 Å². The quantitative estimate of drug-likeness (QED) is 0.783. The minimum Gasteiger partial charge on any atom is -0.369 e. The highest BCUT2D eigenvalue weighted by Crippen LogP contribution is 2.44. The van der Waals surface area contributed by atoms with Gasteiger partial charge in [0.15, 0.2) is 0 Å². The van der Waals surface area contributed by atoms with E-state index < -0.39 is 10.0 Å². The first kappa shape index (κ1) is 15.7. The van der Waals surface area contributed by atoms with E-state index in [4.69, 9.17) is 0 Å². The summed E-state index contributed by atoms with van der Waals surface area (Å²) in [4.78, 5) is 4.36. The van der Waals surface area contributed by atoms with Crippen molar-refractivity contribution in [3.05, 3.63) is 16.7 Å². The van der Waals surface area contributed by atoms with Crippen LogP contribution in [-0.4, -0.2) is 26.5 Å². The van der Waals surface area contributed by atoms with Gasteiger partial charge in [0.05, 0.1) is 0 Å². The molecule has 0 saturated heterocycles. The Morgan fingerprint density at radius 2 is 2.15 bits per heavy atom. The molecule has 0 radical (unpaired) electrons. The summed E-state index contributed by atoms with van der Waals surface area (Å²) in [5.74, 6) is 0.406. The van der Waals surface area contributed by atoms with Crippen LogP contribution >= 0.6 is 15.9 Å². The Morgan fingerprint density at radius 1 is 1.45 bits per heavy atom. The normalized spacial score (nSPS) is 16.9. The van der Waals surface area contributed by atoms with Gasteiger partial charge in [0.25, 0.3) is 0 Å². The highest BCUT2D eigenvalue weighted by Gasteiger charge is 2.38. The van der Waals surface area contributed by atoms with Crippen LogP contribution in [0.1, 0.15) is 33.1 Å². The van der Waals surface area contributed by atoms with Gasteiger partial charge in [-0.3, -0.25) is 0 Å². The summed E-state index contributed by atoms with van der Waals surface area (Å²) < 4.78 is 28.2. The molecule has 7 heteroatoms. The zero-order valence-electron chi connectivity index (χ0n) is 11.7. The van der Waals surface area contributed by atoms with E-state index in [1.807, 2.05) is 6.92 Å². The van der Waals surface area contributed by atoms with Crippen molar-refractivity contribution in [2.24, 2.45) is 5.41 Å². The lowest BCUT2D eigenvalue weighted by atomic mass is 10.2. The SMILES string of the molecule is CCCNc1ncc(Br)cc1S(=O)(=O)NCC1(C)CC1. The molecule has 2 N–H and O–H groups in total. The second-order valence-electron chi connectivity index (χ2n) is 5.56. The average Bonchev–Trinajstić information content (AvgIpc) is 3.14. The Kier molecular flexibility index (Phi) is 4.71. The number of hydrogen-bond donors (Lipinski definition) is 2. The second-order valence-corrected chi connectivity index (χ2v) is 8.21. The second kappa shape index (κ2) is 5.99. The third kappa shape index (κ3) is 3.93. The largest absolute Gasteiger partial charge is 0.369 e. The number of halogens is 1. The van der Waals surface area contributed by atoms with Crippen LogP contribution in [0.15, 0.2) is 21.6 Å². The lowest BCUT2D eigenvalue weighted by molar-refractivity contribution is 0.530. The first-order valence-corrected chi connectivity index (χ1v) is 9.03. The predicted molar refractivity (Wildman–Crippen MR) is 83.2 cm³/mol. The molecule has 0 atom stereocenters. The number of anilines is 1. The topological polar surface area (TPSA) is 71.1 Å². The number of nitrogens with zero attached hydrogens (tertiary/aromatic N) is 1. The first-order chi connectivity index (χ1) is 9.36. The molecule has 1 aliphatic rings. The van der Waals surface area contributed by atoms with Gasteiger partial charge in [-0.25, -0.2) is 18.1 Å². The number of pyridine rings is 1. The van der Waals surface area contributed by atoms with E-state index in [9.17, 15) is 8.42 Å². The zero-order valence-corrected chi connectivity index (χ0v) is 14.1. The molecule has 0 aromatic carbocycles. The zero-order chi connectivity index (χ0) is 14.8. The molecule has 0 unspecified atom stereocenters. The molecule has 1 aromatic rings. The van der Waals surface area contributed by atoms with Crippen LogP contribution in [0.25, 0.3) is 0 Å². The van der Waals surface area contributed by atoms with Gasteiger partial charge in [0.1, 0.15) is 10.7 Å². The molecule has 2 rings (SSSR count). The number of nitrogens with one attached hydrogen (secondary N) is 2. The van der Waals surface area contributed by atoms with Crippen LogP contribution in [0.5, 0.6) is 0 Å². The Labute approximate surface area is 128 Å². The number of aromatic nitrogens is 1.